The first kappa shape index (κ1) is 12.2. The maximum absolute atomic E-state index is 2.36. The van der Waals surface area contributed by atoms with Crippen LogP contribution >= 0.6 is 0 Å². The third-order valence-electron chi connectivity index (χ3n) is 5.38. The Kier molecular flexibility index (Phi) is 3.10. The van der Waals surface area contributed by atoms with Crippen molar-refractivity contribution >= 4 is 0 Å². The third-order valence-corrected chi connectivity index (χ3v) is 5.38. The van der Waals surface area contributed by atoms with Crippen LogP contribution in [0, 0.1) is 0 Å². The molecule has 0 N–H and O–H groups in total. The number of hydrogen-bond donors (Lipinski definition) is 0. The third kappa shape index (κ3) is 2.08. The quantitative estimate of drug-likeness (QED) is 0.710. The first-order valence-electron chi connectivity index (χ1n) is 8.07. The van der Waals surface area contributed by atoms with Gasteiger partial charge in [0.15, 0.2) is 0 Å². The fraction of sp³-hybridized carbons (Fsp3) is 0.400. The van der Waals surface area contributed by atoms with E-state index in [4.69, 9.17) is 0 Å². The van der Waals surface area contributed by atoms with Crippen LogP contribution in [0.2, 0.25) is 0 Å². The lowest BCUT2D eigenvalue weighted by molar-refractivity contribution is 0.521. The molecule has 0 spiro atoms. The minimum Gasteiger partial charge on any atom is -0.0620 e. The van der Waals surface area contributed by atoms with Crippen molar-refractivity contribution in [3.8, 4) is 0 Å². The maximum atomic E-state index is 2.36. The molecule has 0 fully saturated rings. The highest BCUT2D eigenvalue weighted by Crippen LogP contribution is 2.41. The topological polar surface area (TPSA) is 0 Å². The minimum absolute atomic E-state index is 0.818. The summed E-state index contributed by atoms with van der Waals surface area (Å²) in [5.41, 5.74) is 6.48. The first-order valence-corrected chi connectivity index (χ1v) is 8.07. The van der Waals surface area contributed by atoms with Crippen molar-refractivity contribution < 1.29 is 0 Å². The van der Waals surface area contributed by atoms with Crippen LogP contribution in [0.25, 0.3) is 0 Å². The molecule has 0 amide bonds. The van der Waals surface area contributed by atoms with Gasteiger partial charge in [-0.25, -0.2) is 0 Å². The van der Waals surface area contributed by atoms with Crippen LogP contribution in [0.4, 0.5) is 0 Å². The lowest BCUT2D eigenvalue weighted by Crippen LogP contribution is -1.99. The van der Waals surface area contributed by atoms with Crippen LogP contribution in [0.3, 0.4) is 0 Å². The highest BCUT2D eigenvalue weighted by Gasteiger charge is 2.26. The molecule has 0 saturated heterocycles. The lowest BCUT2D eigenvalue weighted by atomic mass is 9.89. The van der Waals surface area contributed by atoms with Crippen LogP contribution in [-0.2, 0) is 12.8 Å². The summed E-state index contributed by atoms with van der Waals surface area (Å²) in [4.78, 5) is 0. The second-order valence-electron chi connectivity index (χ2n) is 6.45. The average molecular weight is 262 g/mol. The van der Waals surface area contributed by atoms with Crippen LogP contribution in [0.15, 0.2) is 48.5 Å². The molecule has 2 unspecified atom stereocenters. The van der Waals surface area contributed by atoms with Crippen molar-refractivity contribution in [1.82, 2.24) is 0 Å². The molecule has 0 aliphatic heterocycles. The van der Waals surface area contributed by atoms with Crippen molar-refractivity contribution in [1.29, 1.82) is 0 Å². The van der Waals surface area contributed by atoms with Crippen molar-refractivity contribution in [2.24, 2.45) is 0 Å². The molecule has 0 nitrogen and oxygen atoms in total. The molecule has 2 atom stereocenters. The summed E-state index contributed by atoms with van der Waals surface area (Å²) in [5, 5.41) is 0. The van der Waals surface area contributed by atoms with E-state index in [1.807, 2.05) is 0 Å². The molecular weight excluding hydrogens is 240 g/mol. The first-order chi connectivity index (χ1) is 9.92. The van der Waals surface area contributed by atoms with Crippen LogP contribution in [0.1, 0.15) is 59.8 Å². The highest BCUT2D eigenvalue weighted by molar-refractivity contribution is 5.36. The smallest absolute Gasteiger partial charge is 0.0156 e. The van der Waals surface area contributed by atoms with E-state index in [1.165, 1.54) is 38.5 Å². The van der Waals surface area contributed by atoms with E-state index < -0.39 is 0 Å². The molecule has 20 heavy (non-hydrogen) atoms. The van der Waals surface area contributed by atoms with Gasteiger partial charge >= 0.3 is 0 Å². The summed E-state index contributed by atoms with van der Waals surface area (Å²) in [5.74, 6) is 1.64. The predicted molar refractivity (Wildman–Crippen MR) is 84.2 cm³/mol. The zero-order chi connectivity index (χ0) is 13.4. The summed E-state index contributed by atoms with van der Waals surface area (Å²) < 4.78 is 0. The van der Waals surface area contributed by atoms with Gasteiger partial charge in [0.2, 0.25) is 0 Å². The molecule has 0 heteroatoms. The number of benzene rings is 2. The SMILES string of the molecule is c1ccc2c(c1)CCC2CCC1CCc2ccccc21. The van der Waals surface area contributed by atoms with Gasteiger partial charge in [0.05, 0.1) is 0 Å². The monoisotopic (exact) mass is 262 g/mol. The Morgan fingerprint density at radius 1 is 0.650 bits per heavy atom. The fourth-order valence-corrected chi connectivity index (χ4v) is 4.29. The number of aryl methyl sites for hydroxylation is 2. The summed E-state index contributed by atoms with van der Waals surface area (Å²) in [7, 11) is 0. The van der Waals surface area contributed by atoms with E-state index in [-0.39, 0.29) is 0 Å². The molecule has 4 rings (SSSR count). The summed E-state index contributed by atoms with van der Waals surface area (Å²) in [6, 6.07) is 18.2. The highest BCUT2D eigenvalue weighted by atomic mass is 14.3. The summed E-state index contributed by atoms with van der Waals surface area (Å²) in [6.45, 7) is 0. The van der Waals surface area contributed by atoms with E-state index in [0.29, 0.717) is 0 Å². The van der Waals surface area contributed by atoms with Crippen LogP contribution in [0.5, 0.6) is 0 Å². The molecule has 0 saturated carbocycles. The predicted octanol–water partition coefficient (Wildman–Crippen LogP) is 5.23. The lowest BCUT2D eigenvalue weighted by Gasteiger charge is -2.16. The molecule has 102 valence electrons. The molecule has 0 bridgehead atoms. The van der Waals surface area contributed by atoms with Crippen LogP contribution in [-0.4, -0.2) is 0 Å². The van der Waals surface area contributed by atoms with Crippen molar-refractivity contribution in [2.45, 2.75) is 50.4 Å². The van der Waals surface area contributed by atoms with Gasteiger partial charge in [0.25, 0.3) is 0 Å². The van der Waals surface area contributed by atoms with Gasteiger partial charge in [0.1, 0.15) is 0 Å². The van der Waals surface area contributed by atoms with Gasteiger partial charge in [-0.15, -0.1) is 0 Å². The number of fused-ring (bicyclic) bond motifs is 2. The Morgan fingerprint density at radius 3 is 1.60 bits per heavy atom. The molecule has 2 aliphatic rings. The van der Waals surface area contributed by atoms with Gasteiger partial charge in [0, 0.05) is 0 Å². The zero-order valence-electron chi connectivity index (χ0n) is 12.0. The second kappa shape index (κ2) is 5.09. The largest absolute Gasteiger partial charge is 0.0620 e. The standard InChI is InChI=1S/C20H22/c1-3-7-19-15(5-1)9-11-17(19)13-14-18-12-10-16-6-2-4-8-20(16)18/h1-8,17-18H,9-14H2. The fourth-order valence-electron chi connectivity index (χ4n) is 4.29. The molecule has 2 aromatic carbocycles. The molecule has 0 aromatic heterocycles. The Bertz CT molecular complexity index is 555. The molecule has 2 aliphatic carbocycles. The van der Waals surface area contributed by atoms with Crippen molar-refractivity contribution in [2.75, 3.05) is 0 Å². The van der Waals surface area contributed by atoms with E-state index >= 15 is 0 Å². The Morgan fingerprint density at radius 2 is 1.10 bits per heavy atom. The number of rotatable bonds is 3. The number of hydrogen-bond acceptors (Lipinski definition) is 0. The van der Waals surface area contributed by atoms with E-state index in [9.17, 15) is 0 Å². The summed E-state index contributed by atoms with van der Waals surface area (Å²) >= 11 is 0. The second-order valence-corrected chi connectivity index (χ2v) is 6.45. The van der Waals surface area contributed by atoms with E-state index in [1.54, 1.807) is 22.3 Å². The summed E-state index contributed by atoms with van der Waals surface area (Å²) in [6.07, 6.45) is 8.07. The van der Waals surface area contributed by atoms with E-state index in [0.717, 1.165) is 11.8 Å². The molecular formula is C20H22. The van der Waals surface area contributed by atoms with Crippen molar-refractivity contribution in [3.63, 3.8) is 0 Å². The Hall–Kier alpha value is -1.56. The zero-order valence-corrected chi connectivity index (χ0v) is 12.0. The van der Waals surface area contributed by atoms with Gasteiger partial charge < -0.3 is 0 Å². The molecule has 0 radical (unpaired) electrons. The average Bonchev–Trinajstić information content (AvgIpc) is 3.09. The van der Waals surface area contributed by atoms with Gasteiger partial charge in [-0.05, 0) is 72.6 Å². The normalized spacial score (nSPS) is 23.6. The van der Waals surface area contributed by atoms with Crippen LogP contribution < -0.4 is 0 Å². The van der Waals surface area contributed by atoms with Gasteiger partial charge in [-0.3, -0.25) is 0 Å². The van der Waals surface area contributed by atoms with Crippen molar-refractivity contribution in [3.05, 3.63) is 70.8 Å². The van der Waals surface area contributed by atoms with Gasteiger partial charge in [-0.2, -0.15) is 0 Å². The minimum atomic E-state index is 0.818. The molecule has 2 aromatic rings. The Labute approximate surface area is 121 Å². The maximum Gasteiger partial charge on any atom is -0.0156 e. The molecule has 0 heterocycles. The van der Waals surface area contributed by atoms with E-state index in [2.05, 4.69) is 48.5 Å². The Balaban J connectivity index is 1.45. The van der Waals surface area contributed by atoms with Gasteiger partial charge in [-0.1, -0.05) is 48.5 Å².